The Balaban J connectivity index is 2.57. The number of thioether (sulfide) groups is 1. The van der Waals surface area contributed by atoms with E-state index in [0.29, 0.717) is 17.5 Å². The number of hydrogen-bond acceptors (Lipinski definition) is 4. The van der Waals surface area contributed by atoms with Crippen LogP contribution in [0.15, 0.2) is 17.2 Å². The Morgan fingerprint density at radius 3 is 2.67 bits per heavy atom. The second-order valence-electron chi connectivity index (χ2n) is 5.40. The molecule has 0 radical (unpaired) electrons. The van der Waals surface area contributed by atoms with E-state index in [1.54, 1.807) is 12.3 Å². The van der Waals surface area contributed by atoms with Crippen molar-refractivity contribution in [3.05, 3.63) is 18.0 Å². The molecule has 0 aliphatic carbocycles. The SMILES string of the molecule is CCSCCC(C)NS(=O)(=O)c1c[nH]c(CNC(C)C)c1. The first-order valence-electron chi connectivity index (χ1n) is 7.36. The van der Waals surface area contributed by atoms with Crippen molar-refractivity contribution in [2.24, 2.45) is 0 Å². The van der Waals surface area contributed by atoms with Crippen molar-refractivity contribution >= 4 is 21.8 Å². The van der Waals surface area contributed by atoms with Crippen molar-refractivity contribution in [1.82, 2.24) is 15.0 Å². The first-order chi connectivity index (χ1) is 9.85. The molecule has 1 aromatic rings. The lowest BCUT2D eigenvalue weighted by Gasteiger charge is -2.12. The van der Waals surface area contributed by atoms with Crippen molar-refractivity contribution in [3.63, 3.8) is 0 Å². The van der Waals surface area contributed by atoms with Gasteiger partial charge in [0, 0.05) is 30.5 Å². The van der Waals surface area contributed by atoms with Crippen molar-refractivity contribution in [3.8, 4) is 0 Å². The van der Waals surface area contributed by atoms with Crippen LogP contribution in [-0.4, -0.2) is 37.0 Å². The molecule has 7 heteroatoms. The summed E-state index contributed by atoms with van der Waals surface area (Å²) in [5, 5.41) is 3.25. The lowest BCUT2D eigenvalue weighted by atomic mass is 10.3. The lowest BCUT2D eigenvalue weighted by molar-refractivity contribution is 0.557. The number of hydrogen-bond donors (Lipinski definition) is 3. The normalized spacial score (nSPS) is 13.8. The Morgan fingerprint density at radius 2 is 2.05 bits per heavy atom. The molecule has 1 aromatic heterocycles. The van der Waals surface area contributed by atoms with E-state index in [9.17, 15) is 8.42 Å². The van der Waals surface area contributed by atoms with Crippen LogP contribution in [0.25, 0.3) is 0 Å². The molecule has 0 spiro atoms. The van der Waals surface area contributed by atoms with Crippen LogP contribution in [0.5, 0.6) is 0 Å². The van der Waals surface area contributed by atoms with Gasteiger partial charge in [-0.3, -0.25) is 0 Å². The number of sulfonamides is 1. The smallest absolute Gasteiger partial charge is 0.242 e. The summed E-state index contributed by atoms with van der Waals surface area (Å²) >= 11 is 1.82. The molecule has 0 saturated carbocycles. The highest BCUT2D eigenvalue weighted by Gasteiger charge is 2.18. The molecule has 1 heterocycles. The number of nitrogens with one attached hydrogen (secondary N) is 3. The monoisotopic (exact) mass is 333 g/mol. The van der Waals surface area contributed by atoms with Gasteiger partial charge in [-0.25, -0.2) is 13.1 Å². The van der Waals surface area contributed by atoms with Crippen molar-refractivity contribution in [2.45, 2.75) is 57.6 Å². The van der Waals surface area contributed by atoms with Gasteiger partial charge in [-0.1, -0.05) is 20.8 Å². The minimum absolute atomic E-state index is 0.0545. The predicted octanol–water partition coefficient (Wildman–Crippen LogP) is 2.32. The third-order valence-electron chi connectivity index (χ3n) is 2.98. The van der Waals surface area contributed by atoms with Gasteiger partial charge < -0.3 is 10.3 Å². The number of rotatable bonds is 10. The van der Waals surface area contributed by atoms with Gasteiger partial charge in [0.15, 0.2) is 0 Å². The van der Waals surface area contributed by atoms with E-state index in [1.807, 2.05) is 18.7 Å². The van der Waals surface area contributed by atoms with Crippen LogP contribution in [0.4, 0.5) is 0 Å². The van der Waals surface area contributed by atoms with Gasteiger partial charge in [-0.2, -0.15) is 11.8 Å². The first-order valence-corrected chi connectivity index (χ1v) is 9.99. The highest BCUT2D eigenvalue weighted by atomic mass is 32.2. The van der Waals surface area contributed by atoms with Crippen LogP contribution in [-0.2, 0) is 16.6 Å². The lowest BCUT2D eigenvalue weighted by Crippen LogP contribution is -2.32. The van der Waals surface area contributed by atoms with Gasteiger partial charge in [0.2, 0.25) is 10.0 Å². The van der Waals surface area contributed by atoms with Crippen LogP contribution >= 0.6 is 11.8 Å². The van der Waals surface area contributed by atoms with Crippen LogP contribution in [0.1, 0.15) is 39.8 Å². The van der Waals surface area contributed by atoms with E-state index in [1.165, 1.54) is 0 Å². The summed E-state index contributed by atoms with van der Waals surface area (Å²) in [5.74, 6) is 2.03. The maximum atomic E-state index is 12.3. The summed E-state index contributed by atoms with van der Waals surface area (Å²) < 4.78 is 27.3. The standard InChI is InChI=1S/C14H27N3O2S2/c1-5-20-7-6-12(4)17-21(18,19)14-8-13(16-10-14)9-15-11(2)3/h8,10-12,15-17H,5-7,9H2,1-4H3. The predicted molar refractivity (Wildman–Crippen MR) is 90.2 cm³/mol. The molecule has 1 rings (SSSR count). The minimum atomic E-state index is -3.43. The molecular formula is C14H27N3O2S2. The molecular weight excluding hydrogens is 306 g/mol. The molecule has 0 aliphatic rings. The summed E-state index contributed by atoms with van der Waals surface area (Å²) in [6, 6.07) is 1.99. The molecule has 122 valence electrons. The molecule has 0 amide bonds. The fourth-order valence-electron chi connectivity index (χ4n) is 1.79. The zero-order chi connectivity index (χ0) is 15.9. The van der Waals surface area contributed by atoms with Gasteiger partial charge in [-0.15, -0.1) is 0 Å². The van der Waals surface area contributed by atoms with Crippen LogP contribution < -0.4 is 10.0 Å². The van der Waals surface area contributed by atoms with Crippen LogP contribution in [0.2, 0.25) is 0 Å². The highest BCUT2D eigenvalue weighted by molar-refractivity contribution is 7.99. The molecule has 1 atom stereocenters. The van der Waals surface area contributed by atoms with E-state index in [0.717, 1.165) is 23.6 Å². The average molecular weight is 334 g/mol. The average Bonchev–Trinajstić information content (AvgIpc) is 2.85. The van der Waals surface area contributed by atoms with Crippen LogP contribution in [0.3, 0.4) is 0 Å². The van der Waals surface area contributed by atoms with E-state index in [2.05, 4.69) is 35.8 Å². The fourth-order valence-corrected chi connectivity index (χ4v) is 3.89. The van der Waals surface area contributed by atoms with Crippen LogP contribution in [0, 0.1) is 0 Å². The summed E-state index contributed by atoms with van der Waals surface area (Å²) in [6.07, 6.45) is 2.39. The molecule has 0 aromatic carbocycles. The van der Waals surface area contributed by atoms with E-state index in [-0.39, 0.29) is 6.04 Å². The number of aromatic amines is 1. The molecule has 0 aliphatic heterocycles. The van der Waals surface area contributed by atoms with E-state index in [4.69, 9.17) is 0 Å². The quantitative estimate of drug-likeness (QED) is 0.575. The second-order valence-corrected chi connectivity index (χ2v) is 8.51. The van der Waals surface area contributed by atoms with E-state index < -0.39 is 10.0 Å². The largest absolute Gasteiger partial charge is 0.363 e. The van der Waals surface area contributed by atoms with Gasteiger partial charge in [0.1, 0.15) is 0 Å². The van der Waals surface area contributed by atoms with Gasteiger partial charge >= 0.3 is 0 Å². The third kappa shape index (κ3) is 6.86. The topological polar surface area (TPSA) is 74.0 Å². The van der Waals surface area contributed by atoms with Crippen molar-refractivity contribution < 1.29 is 8.42 Å². The van der Waals surface area contributed by atoms with E-state index >= 15 is 0 Å². The number of aromatic nitrogens is 1. The molecule has 3 N–H and O–H groups in total. The minimum Gasteiger partial charge on any atom is -0.363 e. The maximum Gasteiger partial charge on any atom is 0.242 e. The Bertz CT molecular complexity index is 512. The van der Waals surface area contributed by atoms with Gasteiger partial charge in [0.05, 0.1) is 4.90 Å². The summed E-state index contributed by atoms with van der Waals surface area (Å²) in [5.41, 5.74) is 0.873. The molecule has 0 saturated heterocycles. The van der Waals surface area contributed by atoms with Gasteiger partial charge in [0.25, 0.3) is 0 Å². The highest BCUT2D eigenvalue weighted by Crippen LogP contribution is 2.13. The molecule has 1 unspecified atom stereocenters. The zero-order valence-electron chi connectivity index (χ0n) is 13.3. The Labute approximate surface area is 132 Å². The Kier molecular flexibility index (Phi) is 7.79. The summed E-state index contributed by atoms with van der Waals surface area (Å²) in [6.45, 7) is 8.75. The molecule has 0 bridgehead atoms. The Hall–Kier alpha value is -0.500. The summed E-state index contributed by atoms with van der Waals surface area (Å²) in [7, 11) is -3.43. The van der Waals surface area contributed by atoms with Gasteiger partial charge in [-0.05, 0) is 30.9 Å². The second kappa shape index (κ2) is 8.82. The summed E-state index contributed by atoms with van der Waals surface area (Å²) in [4.78, 5) is 3.31. The first kappa shape index (κ1) is 18.5. The fraction of sp³-hybridized carbons (Fsp3) is 0.714. The zero-order valence-corrected chi connectivity index (χ0v) is 14.9. The molecule has 21 heavy (non-hydrogen) atoms. The molecule has 5 nitrogen and oxygen atoms in total. The Morgan fingerprint density at radius 1 is 1.33 bits per heavy atom. The van der Waals surface area contributed by atoms with Crippen molar-refractivity contribution in [2.75, 3.05) is 11.5 Å². The number of H-pyrrole nitrogens is 1. The maximum absolute atomic E-state index is 12.3. The third-order valence-corrected chi connectivity index (χ3v) is 5.48. The van der Waals surface area contributed by atoms with Crippen molar-refractivity contribution in [1.29, 1.82) is 0 Å². The molecule has 0 fully saturated rings.